The second-order valence-corrected chi connectivity index (χ2v) is 8.58. The lowest BCUT2D eigenvalue weighted by atomic mass is 10.1. The van der Waals surface area contributed by atoms with Crippen molar-refractivity contribution in [1.82, 2.24) is 4.31 Å². The topological polar surface area (TPSA) is 37.4 Å². The molecule has 2 aromatic rings. The number of hydrogen-bond donors (Lipinski definition) is 0. The number of halogens is 1. The smallest absolute Gasteiger partial charge is 0.207 e. The zero-order valence-electron chi connectivity index (χ0n) is 14.7. The van der Waals surface area contributed by atoms with E-state index in [1.165, 1.54) is 12.1 Å². The van der Waals surface area contributed by atoms with Crippen LogP contribution in [-0.2, 0) is 10.0 Å². The summed E-state index contributed by atoms with van der Waals surface area (Å²) in [5.74, 6) is -0.306. The molecule has 0 aromatic heterocycles. The standard InChI is InChI=1S/C20H24FNO2S/c1-3-4-18-11-14-20(16-7-9-17(21)10-8-16)22(18)25(23,24)19-12-5-15(2)6-13-19/h5-10,12-13,18,20H,3-4,11,14H2,1-2H3. The molecule has 1 heterocycles. The first kappa shape index (κ1) is 18.1. The molecule has 1 aliphatic rings. The Morgan fingerprint density at radius 3 is 2.28 bits per heavy atom. The third kappa shape index (κ3) is 3.62. The summed E-state index contributed by atoms with van der Waals surface area (Å²) in [5, 5.41) is 0. The van der Waals surface area contributed by atoms with Gasteiger partial charge in [0.25, 0.3) is 0 Å². The van der Waals surface area contributed by atoms with Gasteiger partial charge in [-0.3, -0.25) is 0 Å². The third-order valence-corrected chi connectivity index (χ3v) is 6.89. The minimum atomic E-state index is -3.59. The molecule has 0 amide bonds. The predicted octanol–water partition coefficient (Wildman–Crippen LogP) is 4.83. The van der Waals surface area contributed by atoms with Crippen LogP contribution in [0.25, 0.3) is 0 Å². The summed E-state index contributed by atoms with van der Waals surface area (Å²) >= 11 is 0. The molecule has 0 aliphatic carbocycles. The van der Waals surface area contributed by atoms with Gasteiger partial charge in [0.2, 0.25) is 10.0 Å². The van der Waals surface area contributed by atoms with Crippen molar-refractivity contribution in [2.45, 2.75) is 56.5 Å². The summed E-state index contributed by atoms with van der Waals surface area (Å²) in [5.41, 5.74) is 1.89. The molecule has 0 bridgehead atoms. The Morgan fingerprint density at radius 2 is 1.68 bits per heavy atom. The van der Waals surface area contributed by atoms with Crippen LogP contribution in [-0.4, -0.2) is 18.8 Å². The maximum Gasteiger partial charge on any atom is 0.243 e. The molecular weight excluding hydrogens is 337 g/mol. The zero-order chi connectivity index (χ0) is 18.0. The van der Waals surface area contributed by atoms with E-state index in [-0.39, 0.29) is 17.9 Å². The van der Waals surface area contributed by atoms with Crippen molar-refractivity contribution in [2.24, 2.45) is 0 Å². The van der Waals surface area contributed by atoms with Gasteiger partial charge < -0.3 is 0 Å². The highest BCUT2D eigenvalue weighted by molar-refractivity contribution is 7.89. The highest BCUT2D eigenvalue weighted by Gasteiger charge is 2.42. The van der Waals surface area contributed by atoms with Crippen molar-refractivity contribution in [3.63, 3.8) is 0 Å². The first-order valence-electron chi connectivity index (χ1n) is 8.79. The van der Waals surface area contributed by atoms with Crippen LogP contribution in [0.15, 0.2) is 53.4 Å². The molecule has 0 radical (unpaired) electrons. The average molecular weight is 361 g/mol. The van der Waals surface area contributed by atoms with Gasteiger partial charge >= 0.3 is 0 Å². The van der Waals surface area contributed by atoms with Crippen LogP contribution in [0, 0.1) is 12.7 Å². The lowest BCUT2D eigenvalue weighted by molar-refractivity contribution is 0.311. The van der Waals surface area contributed by atoms with Crippen LogP contribution in [0.3, 0.4) is 0 Å². The molecule has 0 N–H and O–H groups in total. The molecule has 1 saturated heterocycles. The molecule has 2 atom stereocenters. The fourth-order valence-corrected chi connectivity index (χ4v) is 5.55. The van der Waals surface area contributed by atoms with Crippen LogP contribution in [0.4, 0.5) is 4.39 Å². The van der Waals surface area contributed by atoms with Gasteiger partial charge in [-0.15, -0.1) is 0 Å². The van der Waals surface area contributed by atoms with Crippen LogP contribution in [0.1, 0.15) is 49.8 Å². The molecule has 1 aliphatic heterocycles. The van der Waals surface area contributed by atoms with Gasteiger partial charge in [-0.1, -0.05) is 43.2 Å². The van der Waals surface area contributed by atoms with Crippen molar-refractivity contribution < 1.29 is 12.8 Å². The molecular formula is C20H24FNO2S. The van der Waals surface area contributed by atoms with E-state index in [0.29, 0.717) is 4.90 Å². The lowest BCUT2D eigenvalue weighted by Gasteiger charge is -2.29. The van der Waals surface area contributed by atoms with Gasteiger partial charge in [-0.2, -0.15) is 4.31 Å². The Morgan fingerprint density at radius 1 is 1.04 bits per heavy atom. The normalized spacial score (nSPS) is 21.6. The summed E-state index contributed by atoms with van der Waals surface area (Å²) in [7, 11) is -3.59. The van der Waals surface area contributed by atoms with Crippen molar-refractivity contribution >= 4 is 10.0 Å². The lowest BCUT2D eigenvalue weighted by Crippen LogP contribution is -2.37. The quantitative estimate of drug-likeness (QED) is 0.765. The first-order chi connectivity index (χ1) is 11.9. The Balaban J connectivity index is 2.02. The highest BCUT2D eigenvalue weighted by Crippen LogP contribution is 2.41. The van der Waals surface area contributed by atoms with E-state index in [0.717, 1.165) is 36.8 Å². The van der Waals surface area contributed by atoms with Crippen molar-refractivity contribution in [3.8, 4) is 0 Å². The zero-order valence-corrected chi connectivity index (χ0v) is 15.5. The van der Waals surface area contributed by atoms with Crippen molar-refractivity contribution in [3.05, 3.63) is 65.5 Å². The molecule has 3 rings (SSSR count). The molecule has 3 nitrogen and oxygen atoms in total. The number of hydrogen-bond acceptors (Lipinski definition) is 2. The Hall–Kier alpha value is -1.72. The van der Waals surface area contributed by atoms with E-state index >= 15 is 0 Å². The second-order valence-electron chi connectivity index (χ2n) is 6.74. The van der Waals surface area contributed by atoms with Crippen LogP contribution >= 0.6 is 0 Å². The van der Waals surface area contributed by atoms with E-state index < -0.39 is 10.0 Å². The van der Waals surface area contributed by atoms with Crippen molar-refractivity contribution in [1.29, 1.82) is 0 Å². The molecule has 134 valence electrons. The van der Waals surface area contributed by atoms with Gasteiger partial charge in [0, 0.05) is 6.04 Å². The van der Waals surface area contributed by atoms with Gasteiger partial charge in [0.15, 0.2) is 0 Å². The molecule has 0 spiro atoms. The van der Waals surface area contributed by atoms with Crippen LogP contribution < -0.4 is 0 Å². The average Bonchev–Trinajstić information content (AvgIpc) is 3.01. The molecule has 2 aromatic carbocycles. The number of rotatable bonds is 5. The molecule has 25 heavy (non-hydrogen) atoms. The highest BCUT2D eigenvalue weighted by atomic mass is 32.2. The van der Waals surface area contributed by atoms with Crippen LogP contribution in [0.5, 0.6) is 0 Å². The Labute approximate surface area is 149 Å². The summed E-state index contributed by atoms with van der Waals surface area (Å²) < 4.78 is 41.6. The summed E-state index contributed by atoms with van der Waals surface area (Å²) in [6.45, 7) is 4.01. The minimum Gasteiger partial charge on any atom is -0.207 e. The van der Waals surface area contributed by atoms with E-state index in [1.807, 2.05) is 19.1 Å². The molecule has 2 unspecified atom stereocenters. The molecule has 0 saturated carbocycles. The number of aryl methyl sites for hydroxylation is 1. The monoisotopic (exact) mass is 361 g/mol. The summed E-state index contributed by atoms with van der Waals surface area (Å²) in [4.78, 5) is 0.327. The van der Waals surface area contributed by atoms with Gasteiger partial charge in [0.05, 0.1) is 10.9 Å². The largest absolute Gasteiger partial charge is 0.243 e. The fraction of sp³-hybridized carbons (Fsp3) is 0.400. The summed E-state index contributed by atoms with van der Waals surface area (Å²) in [6, 6.07) is 13.0. The van der Waals surface area contributed by atoms with E-state index in [1.54, 1.807) is 28.6 Å². The minimum absolute atomic E-state index is 0.00800. The van der Waals surface area contributed by atoms with E-state index in [2.05, 4.69) is 6.92 Å². The van der Waals surface area contributed by atoms with Crippen LogP contribution in [0.2, 0.25) is 0 Å². The maximum absolute atomic E-state index is 13.3. The van der Waals surface area contributed by atoms with Gasteiger partial charge in [0.1, 0.15) is 5.82 Å². The Bertz CT molecular complexity index is 816. The number of benzene rings is 2. The second kappa shape index (κ2) is 7.26. The fourth-order valence-electron chi connectivity index (χ4n) is 3.66. The Kier molecular flexibility index (Phi) is 5.25. The molecule has 1 fully saturated rings. The summed E-state index contributed by atoms with van der Waals surface area (Å²) in [6.07, 6.45) is 3.37. The first-order valence-corrected chi connectivity index (χ1v) is 10.2. The SMILES string of the molecule is CCCC1CCC(c2ccc(F)cc2)N1S(=O)(=O)c1ccc(C)cc1. The molecule has 5 heteroatoms. The number of sulfonamides is 1. The van der Waals surface area contributed by atoms with Gasteiger partial charge in [-0.25, -0.2) is 12.8 Å². The van der Waals surface area contributed by atoms with E-state index in [4.69, 9.17) is 0 Å². The maximum atomic E-state index is 13.3. The predicted molar refractivity (Wildman–Crippen MR) is 97.3 cm³/mol. The van der Waals surface area contributed by atoms with Crippen molar-refractivity contribution in [2.75, 3.05) is 0 Å². The number of nitrogens with zero attached hydrogens (tertiary/aromatic N) is 1. The third-order valence-electron chi connectivity index (χ3n) is 4.91. The van der Waals surface area contributed by atoms with Gasteiger partial charge in [-0.05, 0) is 56.0 Å². The van der Waals surface area contributed by atoms with E-state index in [9.17, 15) is 12.8 Å².